The molecule has 3 aromatic rings. The van der Waals surface area contributed by atoms with Crippen molar-refractivity contribution in [2.24, 2.45) is 0 Å². The van der Waals surface area contributed by atoms with Crippen molar-refractivity contribution >= 4 is 11.6 Å². The van der Waals surface area contributed by atoms with Gasteiger partial charge in [0.15, 0.2) is 0 Å². The Kier molecular flexibility index (Phi) is 3.75. The standard InChI is InChI=1S/C24H22N2O/c1-17(18-10-4-2-5-11-18)25-16-20-14-8-9-15-21(20)26-22(23(26)24(25)27)19-12-6-3-7-13-19/h2-15,17,22-23H,16H2,1H3/t17-,22+,23-,26?/m0/s1. The first-order valence-corrected chi connectivity index (χ1v) is 9.52. The molecule has 0 saturated carbocycles. The first kappa shape index (κ1) is 16.1. The number of carbonyl (C=O) groups excluding carboxylic acids is 1. The number of carbonyl (C=O) groups is 1. The third-order valence-electron chi connectivity index (χ3n) is 5.85. The lowest BCUT2D eigenvalue weighted by atomic mass is 10.0. The lowest BCUT2D eigenvalue weighted by Crippen LogP contribution is -2.36. The highest BCUT2D eigenvalue weighted by molar-refractivity contribution is 5.95. The van der Waals surface area contributed by atoms with Crippen LogP contribution in [0.25, 0.3) is 0 Å². The van der Waals surface area contributed by atoms with Crippen molar-refractivity contribution in [3.8, 4) is 0 Å². The second-order valence-corrected chi connectivity index (χ2v) is 7.39. The van der Waals surface area contributed by atoms with Crippen LogP contribution >= 0.6 is 0 Å². The lowest BCUT2D eigenvalue weighted by Gasteiger charge is -2.29. The molecule has 3 heteroatoms. The van der Waals surface area contributed by atoms with Crippen molar-refractivity contribution in [3.05, 3.63) is 102 Å². The fourth-order valence-corrected chi connectivity index (χ4v) is 4.35. The monoisotopic (exact) mass is 354 g/mol. The molecule has 0 aliphatic carbocycles. The molecule has 2 heterocycles. The highest BCUT2D eigenvalue weighted by Crippen LogP contribution is 2.51. The Hall–Kier alpha value is -3.07. The fraction of sp³-hybridized carbons (Fsp3) is 0.208. The fourth-order valence-electron chi connectivity index (χ4n) is 4.35. The minimum atomic E-state index is -0.109. The summed E-state index contributed by atoms with van der Waals surface area (Å²) in [6, 6.07) is 29.2. The van der Waals surface area contributed by atoms with Gasteiger partial charge in [-0.05, 0) is 29.7 Å². The summed E-state index contributed by atoms with van der Waals surface area (Å²) in [7, 11) is 0. The molecule has 2 aliphatic heterocycles. The first-order valence-electron chi connectivity index (χ1n) is 9.52. The SMILES string of the molecule is C[C@@H](c1ccccc1)N1Cc2ccccc2N2[C@H](C1=O)[C@H]2c1ccccc1. The number of rotatable bonds is 3. The van der Waals surface area contributed by atoms with Crippen LogP contribution in [0, 0.1) is 0 Å². The molecule has 3 atom stereocenters. The maximum absolute atomic E-state index is 13.5. The van der Waals surface area contributed by atoms with Crippen molar-refractivity contribution in [3.63, 3.8) is 0 Å². The van der Waals surface area contributed by atoms with E-state index in [2.05, 4.69) is 72.5 Å². The van der Waals surface area contributed by atoms with Crippen LogP contribution in [0.3, 0.4) is 0 Å². The van der Waals surface area contributed by atoms with E-state index in [4.69, 9.17) is 0 Å². The van der Waals surface area contributed by atoms with Gasteiger partial charge in [0.1, 0.15) is 6.04 Å². The summed E-state index contributed by atoms with van der Waals surface area (Å²) in [5.41, 5.74) is 4.79. The van der Waals surface area contributed by atoms with Gasteiger partial charge in [0.05, 0.1) is 12.1 Å². The average Bonchev–Trinajstić information content (AvgIpc) is 3.49. The van der Waals surface area contributed by atoms with Gasteiger partial charge in [-0.3, -0.25) is 4.79 Å². The summed E-state index contributed by atoms with van der Waals surface area (Å²) in [5, 5.41) is 0. The van der Waals surface area contributed by atoms with Gasteiger partial charge in [-0.15, -0.1) is 0 Å². The Bertz CT molecular complexity index is 970. The molecule has 3 aromatic carbocycles. The maximum atomic E-state index is 13.5. The molecule has 5 rings (SSSR count). The molecular weight excluding hydrogens is 332 g/mol. The lowest BCUT2D eigenvalue weighted by molar-refractivity contribution is -0.133. The number of hydrogen-bond acceptors (Lipinski definition) is 2. The van der Waals surface area contributed by atoms with E-state index in [9.17, 15) is 4.79 Å². The number of benzene rings is 3. The smallest absolute Gasteiger partial charge is 0.248 e. The number of hydrogen-bond donors (Lipinski definition) is 0. The van der Waals surface area contributed by atoms with Crippen molar-refractivity contribution in [2.45, 2.75) is 31.6 Å². The quantitative estimate of drug-likeness (QED) is 0.635. The van der Waals surface area contributed by atoms with Gasteiger partial charge in [0.2, 0.25) is 5.91 Å². The van der Waals surface area contributed by atoms with Crippen molar-refractivity contribution in [2.75, 3.05) is 4.90 Å². The van der Waals surface area contributed by atoms with E-state index in [1.54, 1.807) is 0 Å². The van der Waals surface area contributed by atoms with E-state index in [0.717, 1.165) is 0 Å². The van der Waals surface area contributed by atoms with Crippen molar-refractivity contribution in [1.82, 2.24) is 4.90 Å². The first-order chi connectivity index (χ1) is 13.3. The van der Waals surface area contributed by atoms with Crippen LogP contribution in [0.1, 0.15) is 35.7 Å². The Morgan fingerprint density at radius 3 is 2.19 bits per heavy atom. The predicted molar refractivity (Wildman–Crippen MR) is 107 cm³/mol. The third-order valence-corrected chi connectivity index (χ3v) is 5.85. The number of anilines is 1. The summed E-state index contributed by atoms with van der Waals surface area (Å²) in [4.78, 5) is 17.9. The summed E-state index contributed by atoms with van der Waals surface area (Å²) >= 11 is 0. The Labute approximate surface area is 159 Å². The topological polar surface area (TPSA) is 23.3 Å². The highest BCUT2D eigenvalue weighted by atomic mass is 16.2. The normalized spacial score (nSPS) is 21.9. The molecule has 27 heavy (non-hydrogen) atoms. The zero-order valence-corrected chi connectivity index (χ0v) is 15.3. The molecule has 3 nitrogen and oxygen atoms in total. The maximum Gasteiger partial charge on any atom is 0.248 e. The molecule has 0 N–H and O–H groups in total. The van der Waals surface area contributed by atoms with Crippen molar-refractivity contribution in [1.29, 1.82) is 0 Å². The zero-order chi connectivity index (χ0) is 18.4. The van der Waals surface area contributed by atoms with E-state index in [0.29, 0.717) is 6.54 Å². The second kappa shape index (κ2) is 6.27. The molecule has 134 valence electrons. The number of amides is 1. The highest BCUT2D eigenvalue weighted by Gasteiger charge is 2.57. The molecule has 0 aromatic heterocycles. The van der Waals surface area contributed by atoms with Gasteiger partial charge in [-0.25, -0.2) is 0 Å². The van der Waals surface area contributed by atoms with Gasteiger partial charge in [0.25, 0.3) is 0 Å². The molecule has 1 amide bonds. The van der Waals surface area contributed by atoms with E-state index < -0.39 is 0 Å². The van der Waals surface area contributed by atoms with Gasteiger partial charge < -0.3 is 9.80 Å². The number of fused-ring (bicyclic) bond motifs is 3. The van der Waals surface area contributed by atoms with Crippen molar-refractivity contribution < 1.29 is 4.79 Å². The van der Waals surface area contributed by atoms with Crippen LogP contribution in [0.4, 0.5) is 5.69 Å². The Morgan fingerprint density at radius 1 is 0.815 bits per heavy atom. The molecule has 1 saturated heterocycles. The molecule has 2 aliphatic rings. The van der Waals surface area contributed by atoms with Gasteiger partial charge in [0, 0.05) is 12.2 Å². The third kappa shape index (κ3) is 2.62. The Morgan fingerprint density at radius 2 is 1.44 bits per heavy atom. The summed E-state index contributed by atoms with van der Waals surface area (Å²) in [5.74, 6) is 0.219. The summed E-state index contributed by atoms with van der Waals surface area (Å²) in [6.07, 6.45) is 0. The molecule has 0 unspecified atom stereocenters. The van der Waals surface area contributed by atoms with E-state index in [-0.39, 0.29) is 24.0 Å². The molecule has 0 radical (unpaired) electrons. The minimum absolute atomic E-state index is 0.0451. The predicted octanol–water partition coefficient (Wildman–Crippen LogP) is 4.72. The molecule has 1 fully saturated rings. The van der Waals surface area contributed by atoms with Gasteiger partial charge in [-0.1, -0.05) is 78.9 Å². The number of nitrogens with zero attached hydrogens (tertiary/aromatic N) is 2. The number of para-hydroxylation sites is 1. The van der Waals surface area contributed by atoms with E-state index in [1.807, 2.05) is 29.2 Å². The van der Waals surface area contributed by atoms with Crippen LogP contribution in [0.2, 0.25) is 0 Å². The van der Waals surface area contributed by atoms with Crippen LogP contribution in [0.15, 0.2) is 84.9 Å². The second-order valence-electron chi connectivity index (χ2n) is 7.39. The Balaban J connectivity index is 1.56. The molecule has 0 spiro atoms. The minimum Gasteiger partial charge on any atom is -0.347 e. The summed E-state index contributed by atoms with van der Waals surface area (Å²) in [6.45, 7) is 2.78. The van der Waals surface area contributed by atoms with Crippen LogP contribution in [0.5, 0.6) is 0 Å². The largest absolute Gasteiger partial charge is 0.347 e. The molecular formula is C24H22N2O. The van der Waals surface area contributed by atoms with Crippen LogP contribution in [-0.4, -0.2) is 16.8 Å². The average molecular weight is 354 g/mol. The van der Waals surface area contributed by atoms with E-state index in [1.165, 1.54) is 22.4 Å². The van der Waals surface area contributed by atoms with Gasteiger partial charge >= 0.3 is 0 Å². The molecule has 0 bridgehead atoms. The van der Waals surface area contributed by atoms with Crippen LogP contribution < -0.4 is 4.90 Å². The summed E-state index contributed by atoms with van der Waals surface area (Å²) < 4.78 is 0. The van der Waals surface area contributed by atoms with Gasteiger partial charge in [-0.2, -0.15) is 0 Å². The van der Waals surface area contributed by atoms with Crippen LogP contribution in [-0.2, 0) is 11.3 Å². The van der Waals surface area contributed by atoms with E-state index >= 15 is 0 Å². The zero-order valence-electron chi connectivity index (χ0n) is 15.3.